The Balaban J connectivity index is 0.00000171. The lowest BCUT2D eigenvalue weighted by Crippen LogP contribution is -2.04. The summed E-state index contributed by atoms with van der Waals surface area (Å²) in [5.74, 6) is 1.51. The smallest absolute Gasteiger partial charge is 0.123 e. The highest BCUT2D eigenvalue weighted by Crippen LogP contribution is 2.31. The first-order valence-corrected chi connectivity index (χ1v) is 11.1. The molecular weight excluding hydrogens is 438 g/mol. The van der Waals surface area contributed by atoms with E-state index in [1.54, 1.807) is 24.3 Å². The Morgan fingerprint density at radius 1 is 0.571 bits per heavy atom. The third-order valence-electron chi connectivity index (χ3n) is 3.49. The van der Waals surface area contributed by atoms with Crippen LogP contribution in [0.4, 0.5) is 0 Å². The van der Waals surface area contributed by atoms with E-state index in [-0.39, 0.29) is 0 Å². The monoisotopic (exact) mass is 466 g/mol. The SMILES string of the molecule is CC.CC.Cc1cc(Cl)c(Cl)cc1OCCCCOc1cc(Cl)c(Cl)cc1C. The third-order valence-corrected chi connectivity index (χ3v) is 4.93. The Labute approximate surface area is 190 Å². The second-order valence-corrected chi connectivity index (χ2v) is 7.10. The number of aryl methyl sites for hydroxylation is 2. The second kappa shape index (κ2) is 15.1. The number of benzene rings is 2. The third kappa shape index (κ3) is 9.13. The summed E-state index contributed by atoms with van der Waals surface area (Å²) in [6, 6.07) is 7.09. The fourth-order valence-corrected chi connectivity index (χ4v) is 2.88. The number of rotatable bonds is 7. The minimum atomic E-state index is 0.496. The van der Waals surface area contributed by atoms with Crippen LogP contribution in [-0.2, 0) is 0 Å². The van der Waals surface area contributed by atoms with E-state index in [9.17, 15) is 0 Å². The maximum absolute atomic E-state index is 6.00. The molecule has 2 nitrogen and oxygen atoms in total. The van der Waals surface area contributed by atoms with Crippen molar-refractivity contribution in [3.8, 4) is 11.5 Å². The van der Waals surface area contributed by atoms with E-state index in [1.807, 2.05) is 41.5 Å². The van der Waals surface area contributed by atoms with Gasteiger partial charge in [-0.05, 0) is 49.9 Å². The maximum atomic E-state index is 6.00. The first-order chi connectivity index (χ1) is 13.4. The molecule has 0 N–H and O–H groups in total. The molecule has 28 heavy (non-hydrogen) atoms. The van der Waals surface area contributed by atoms with Gasteiger partial charge in [0.05, 0.1) is 33.3 Å². The average Bonchev–Trinajstić information content (AvgIpc) is 2.69. The summed E-state index contributed by atoms with van der Waals surface area (Å²) in [7, 11) is 0. The molecule has 0 amide bonds. The van der Waals surface area contributed by atoms with Crippen LogP contribution in [0.1, 0.15) is 51.7 Å². The van der Waals surface area contributed by atoms with Gasteiger partial charge in [-0.25, -0.2) is 0 Å². The number of ether oxygens (including phenoxy) is 2. The Kier molecular flexibility index (Phi) is 14.7. The Bertz CT molecular complexity index is 657. The van der Waals surface area contributed by atoms with E-state index in [2.05, 4.69) is 0 Å². The molecule has 0 fully saturated rings. The largest absolute Gasteiger partial charge is 0.493 e. The Morgan fingerprint density at radius 3 is 1.18 bits per heavy atom. The van der Waals surface area contributed by atoms with Gasteiger partial charge in [-0.15, -0.1) is 0 Å². The van der Waals surface area contributed by atoms with Crippen LogP contribution in [0.5, 0.6) is 11.5 Å². The first kappa shape index (κ1) is 27.2. The van der Waals surface area contributed by atoms with Crippen LogP contribution in [-0.4, -0.2) is 13.2 Å². The normalized spacial score (nSPS) is 9.64. The lowest BCUT2D eigenvalue weighted by atomic mass is 10.2. The van der Waals surface area contributed by atoms with E-state index in [1.165, 1.54) is 0 Å². The molecule has 0 bridgehead atoms. The van der Waals surface area contributed by atoms with Crippen LogP contribution in [0.25, 0.3) is 0 Å². The minimum Gasteiger partial charge on any atom is -0.493 e. The molecule has 0 saturated heterocycles. The van der Waals surface area contributed by atoms with E-state index in [0.717, 1.165) is 35.5 Å². The number of hydrogen-bond donors (Lipinski definition) is 0. The van der Waals surface area contributed by atoms with E-state index in [4.69, 9.17) is 55.9 Å². The van der Waals surface area contributed by atoms with Gasteiger partial charge in [0.1, 0.15) is 11.5 Å². The van der Waals surface area contributed by atoms with Crippen molar-refractivity contribution in [2.75, 3.05) is 13.2 Å². The predicted molar refractivity (Wildman–Crippen MR) is 125 cm³/mol. The molecule has 0 aliphatic rings. The summed E-state index contributed by atoms with van der Waals surface area (Å²) in [6.07, 6.45) is 1.72. The van der Waals surface area contributed by atoms with E-state index >= 15 is 0 Å². The van der Waals surface area contributed by atoms with Gasteiger partial charge in [0, 0.05) is 12.1 Å². The van der Waals surface area contributed by atoms with Crippen molar-refractivity contribution < 1.29 is 9.47 Å². The molecule has 2 aromatic rings. The Morgan fingerprint density at radius 2 is 0.857 bits per heavy atom. The highest BCUT2D eigenvalue weighted by molar-refractivity contribution is 6.42. The quantitative estimate of drug-likeness (QED) is 0.377. The van der Waals surface area contributed by atoms with Gasteiger partial charge in [-0.3, -0.25) is 0 Å². The molecule has 0 unspecified atom stereocenters. The van der Waals surface area contributed by atoms with Crippen molar-refractivity contribution in [2.24, 2.45) is 0 Å². The van der Waals surface area contributed by atoms with Gasteiger partial charge in [0.2, 0.25) is 0 Å². The zero-order chi connectivity index (χ0) is 21.7. The highest BCUT2D eigenvalue weighted by atomic mass is 35.5. The molecule has 0 heterocycles. The molecule has 0 spiro atoms. The molecule has 158 valence electrons. The van der Waals surface area contributed by atoms with Crippen molar-refractivity contribution in [1.82, 2.24) is 0 Å². The maximum Gasteiger partial charge on any atom is 0.123 e. The fraction of sp³-hybridized carbons (Fsp3) is 0.455. The summed E-state index contributed by atoms with van der Waals surface area (Å²) in [4.78, 5) is 0. The van der Waals surface area contributed by atoms with E-state index in [0.29, 0.717) is 33.3 Å². The molecule has 0 saturated carbocycles. The molecule has 0 radical (unpaired) electrons. The van der Waals surface area contributed by atoms with Gasteiger partial charge >= 0.3 is 0 Å². The fourth-order valence-electron chi connectivity index (χ4n) is 2.14. The summed E-state index contributed by atoms with van der Waals surface area (Å²) < 4.78 is 11.5. The van der Waals surface area contributed by atoms with Gasteiger partial charge < -0.3 is 9.47 Å². The van der Waals surface area contributed by atoms with Crippen LogP contribution in [0.15, 0.2) is 24.3 Å². The number of hydrogen-bond acceptors (Lipinski definition) is 2. The van der Waals surface area contributed by atoms with Crippen LogP contribution in [0.3, 0.4) is 0 Å². The molecule has 2 rings (SSSR count). The molecular formula is C22H30Cl4O2. The van der Waals surface area contributed by atoms with Gasteiger partial charge in [-0.1, -0.05) is 74.1 Å². The van der Waals surface area contributed by atoms with Gasteiger partial charge in [0.25, 0.3) is 0 Å². The zero-order valence-corrected chi connectivity index (χ0v) is 20.5. The number of unbranched alkanes of at least 4 members (excludes halogenated alkanes) is 1. The van der Waals surface area contributed by atoms with Crippen LogP contribution >= 0.6 is 46.4 Å². The van der Waals surface area contributed by atoms with Crippen molar-refractivity contribution in [2.45, 2.75) is 54.4 Å². The summed E-state index contributed by atoms with van der Waals surface area (Å²) >= 11 is 23.9. The van der Waals surface area contributed by atoms with E-state index < -0.39 is 0 Å². The molecule has 0 aliphatic heterocycles. The van der Waals surface area contributed by atoms with Gasteiger partial charge in [-0.2, -0.15) is 0 Å². The highest BCUT2D eigenvalue weighted by Gasteiger charge is 2.07. The lowest BCUT2D eigenvalue weighted by Gasteiger charge is -2.12. The Hall–Kier alpha value is -0.800. The van der Waals surface area contributed by atoms with Crippen molar-refractivity contribution in [3.63, 3.8) is 0 Å². The zero-order valence-electron chi connectivity index (χ0n) is 17.5. The van der Waals surface area contributed by atoms with Crippen LogP contribution in [0, 0.1) is 13.8 Å². The van der Waals surface area contributed by atoms with Crippen LogP contribution < -0.4 is 9.47 Å². The molecule has 2 aromatic carbocycles. The summed E-state index contributed by atoms with van der Waals surface area (Å²) in [5, 5.41) is 2.06. The van der Waals surface area contributed by atoms with Crippen molar-refractivity contribution >= 4 is 46.4 Å². The second-order valence-electron chi connectivity index (χ2n) is 5.47. The molecule has 6 heteroatoms. The first-order valence-electron chi connectivity index (χ1n) is 9.55. The molecule has 0 aromatic heterocycles. The summed E-state index contributed by atoms with van der Waals surface area (Å²) in [5.41, 5.74) is 1.93. The number of halogens is 4. The minimum absolute atomic E-state index is 0.496. The molecule has 0 aliphatic carbocycles. The van der Waals surface area contributed by atoms with Gasteiger partial charge in [0.15, 0.2) is 0 Å². The standard InChI is InChI=1S/C18H18Cl4O2.2C2H6/c1-11-7-13(19)15(21)9-17(11)23-5-3-4-6-24-18-10-16(22)14(20)8-12(18)2;2*1-2/h7-10H,3-6H2,1-2H3;2*1-2H3. The van der Waals surface area contributed by atoms with Crippen molar-refractivity contribution in [1.29, 1.82) is 0 Å². The lowest BCUT2D eigenvalue weighted by molar-refractivity contribution is 0.265. The van der Waals surface area contributed by atoms with Crippen LogP contribution in [0.2, 0.25) is 20.1 Å². The van der Waals surface area contributed by atoms with Crippen molar-refractivity contribution in [3.05, 3.63) is 55.5 Å². The molecule has 0 atom stereocenters. The summed E-state index contributed by atoms with van der Waals surface area (Å²) in [6.45, 7) is 13.0. The average molecular weight is 468 g/mol. The topological polar surface area (TPSA) is 18.5 Å². The predicted octanol–water partition coefficient (Wildman–Crippen LogP) is 9.21.